The molecule has 0 saturated carbocycles. The third-order valence-electron chi connectivity index (χ3n) is 4.87. The molecule has 1 aliphatic heterocycles. The van der Waals surface area contributed by atoms with Crippen molar-refractivity contribution in [2.24, 2.45) is 0 Å². The zero-order valence-electron chi connectivity index (χ0n) is 14.2. The van der Waals surface area contributed by atoms with Crippen molar-refractivity contribution in [1.29, 1.82) is 0 Å². The van der Waals surface area contributed by atoms with E-state index in [2.05, 4.69) is 20.2 Å². The topological polar surface area (TPSA) is 81.2 Å². The quantitative estimate of drug-likeness (QED) is 0.718. The fraction of sp³-hybridized carbons (Fsp3) is 0.471. The maximum atomic E-state index is 12.6. The lowest BCUT2D eigenvalue weighted by Gasteiger charge is -2.33. The number of nitrogens with zero attached hydrogens (tertiary/aromatic N) is 7. The lowest BCUT2D eigenvalue weighted by Crippen LogP contribution is -2.40. The zero-order chi connectivity index (χ0) is 17.2. The molecular formula is C17H21N7O. The summed E-state index contributed by atoms with van der Waals surface area (Å²) < 4.78 is 3.66. The number of fused-ring (bicyclic) bond motifs is 1. The predicted molar refractivity (Wildman–Crippen MR) is 90.9 cm³/mol. The number of amides is 1. The molecular weight excluding hydrogens is 318 g/mol. The van der Waals surface area contributed by atoms with E-state index in [1.165, 1.54) is 6.33 Å². The number of likely N-dealkylation sites (tertiary alicyclic amines) is 1. The van der Waals surface area contributed by atoms with Crippen molar-refractivity contribution in [3.63, 3.8) is 0 Å². The largest absolute Gasteiger partial charge is 0.342 e. The summed E-state index contributed by atoms with van der Waals surface area (Å²) in [6.07, 6.45) is 7.56. The molecule has 0 N–H and O–H groups in total. The Morgan fingerprint density at radius 3 is 3.00 bits per heavy atom. The zero-order valence-corrected chi connectivity index (χ0v) is 14.2. The van der Waals surface area contributed by atoms with E-state index in [4.69, 9.17) is 0 Å². The molecule has 0 aliphatic carbocycles. The van der Waals surface area contributed by atoms with Crippen molar-refractivity contribution < 1.29 is 4.79 Å². The Bertz CT molecular complexity index is 884. The lowest BCUT2D eigenvalue weighted by atomic mass is 9.94. The molecule has 1 amide bonds. The summed E-state index contributed by atoms with van der Waals surface area (Å²) in [5.41, 5.74) is 2.15. The van der Waals surface area contributed by atoms with Crippen LogP contribution in [0.2, 0.25) is 0 Å². The van der Waals surface area contributed by atoms with Crippen molar-refractivity contribution in [2.45, 2.75) is 38.6 Å². The van der Waals surface area contributed by atoms with Crippen LogP contribution in [-0.2, 0) is 11.3 Å². The van der Waals surface area contributed by atoms with Crippen LogP contribution in [0.1, 0.15) is 36.6 Å². The van der Waals surface area contributed by atoms with Gasteiger partial charge in [0.25, 0.3) is 5.78 Å². The first-order valence-electron chi connectivity index (χ1n) is 8.63. The average Bonchev–Trinajstić information content (AvgIpc) is 3.28. The number of hydrogen-bond donors (Lipinski definition) is 0. The fourth-order valence-corrected chi connectivity index (χ4v) is 3.50. The minimum atomic E-state index is 0.184. The molecule has 0 aromatic carbocycles. The van der Waals surface area contributed by atoms with E-state index < -0.39 is 0 Å². The van der Waals surface area contributed by atoms with Crippen molar-refractivity contribution in [3.05, 3.63) is 42.2 Å². The number of rotatable bonds is 4. The molecule has 4 heterocycles. The Labute approximate surface area is 145 Å². The highest BCUT2D eigenvalue weighted by atomic mass is 16.2. The van der Waals surface area contributed by atoms with E-state index in [1.807, 2.05) is 28.6 Å². The van der Waals surface area contributed by atoms with Gasteiger partial charge in [-0.1, -0.05) is 0 Å². The minimum Gasteiger partial charge on any atom is -0.342 e. The number of piperidine rings is 1. The highest BCUT2D eigenvalue weighted by molar-refractivity contribution is 5.76. The number of aromatic nitrogens is 6. The summed E-state index contributed by atoms with van der Waals surface area (Å²) in [5, 5.41) is 8.52. The van der Waals surface area contributed by atoms with Crippen LogP contribution in [0.4, 0.5) is 0 Å². The van der Waals surface area contributed by atoms with Gasteiger partial charge in [0.15, 0.2) is 0 Å². The molecule has 4 rings (SSSR count). The number of carbonyl (C=O) groups is 1. The molecule has 130 valence electrons. The standard InChI is InChI=1S/C17H21N7O/c1-13-4-8-20-23(13)10-6-16(25)22-9-2-3-14(11-22)15-5-7-18-17-19-12-21-24(15)17/h4-5,7-8,12,14H,2-3,6,9-11H2,1H3/t14-/m1/s1. The molecule has 3 aromatic heterocycles. The number of aryl methyl sites for hydroxylation is 2. The second-order valence-corrected chi connectivity index (χ2v) is 6.47. The predicted octanol–water partition coefficient (Wildman–Crippen LogP) is 1.43. The third kappa shape index (κ3) is 3.11. The molecule has 1 aliphatic rings. The molecule has 0 radical (unpaired) electrons. The Balaban J connectivity index is 1.44. The van der Waals surface area contributed by atoms with Crippen LogP contribution < -0.4 is 0 Å². The van der Waals surface area contributed by atoms with Crippen LogP contribution >= 0.6 is 0 Å². The van der Waals surface area contributed by atoms with Gasteiger partial charge in [-0.25, -0.2) is 9.50 Å². The highest BCUT2D eigenvalue weighted by Crippen LogP contribution is 2.27. The van der Waals surface area contributed by atoms with Gasteiger partial charge in [-0.2, -0.15) is 15.2 Å². The van der Waals surface area contributed by atoms with Gasteiger partial charge in [0.1, 0.15) is 6.33 Å². The minimum absolute atomic E-state index is 0.184. The van der Waals surface area contributed by atoms with Gasteiger partial charge in [-0.05, 0) is 31.9 Å². The van der Waals surface area contributed by atoms with Gasteiger partial charge in [0.2, 0.25) is 5.91 Å². The van der Waals surface area contributed by atoms with Crippen LogP contribution in [0.15, 0.2) is 30.9 Å². The molecule has 8 nitrogen and oxygen atoms in total. The van der Waals surface area contributed by atoms with Gasteiger partial charge >= 0.3 is 0 Å². The van der Waals surface area contributed by atoms with Gasteiger partial charge in [0.05, 0.1) is 5.69 Å². The van der Waals surface area contributed by atoms with Crippen molar-refractivity contribution >= 4 is 11.7 Å². The molecule has 0 spiro atoms. The average molecular weight is 339 g/mol. The van der Waals surface area contributed by atoms with E-state index >= 15 is 0 Å². The van der Waals surface area contributed by atoms with Crippen molar-refractivity contribution in [3.8, 4) is 0 Å². The van der Waals surface area contributed by atoms with E-state index in [-0.39, 0.29) is 11.8 Å². The molecule has 1 atom stereocenters. The van der Waals surface area contributed by atoms with Gasteiger partial charge in [-0.15, -0.1) is 0 Å². The fourth-order valence-electron chi connectivity index (χ4n) is 3.50. The molecule has 0 unspecified atom stereocenters. The lowest BCUT2D eigenvalue weighted by molar-refractivity contribution is -0.132. The van der Waals surface area contributed by atoms with Crippen LogP contribution in [0.25, 0.3) is 5.78 Å². The molecule has 0 bridgehead atoms. The second kappa shape index (κ2) is 6.62. The summed E-state index contributed by atoms with van der Waals surface area (Å²) in [6, 6.07) is 3.93. The van der Waals surface area contributed by atoms with Gasteiger partial charge in [0, 0.05) is 50.1 Å². The Morgan fingerprint density at radius 2 is 2.16 bits per heavy atom. The Hall–Kier alpha value is -2.77. The van der Waals surface area contributed by atoms with Crippen LogP contribution in [0, 0.1) is 6.92 Å². The maximum absolute atomic E-state index is 12.6. The molecule has 1 saturated heterocycles. The first kappa shape index (κ1) is 15.7. The monoisotopic (exact) mass is 339 g/mol. The molecule has 8 heteroatoms. The van der Waals surface area contributed by atoms with Gasteiger partial charge in [-0.3, -0.25) is 9.48 Å². The van der Waals surface area contributed by atoms with Crippen LogP contribution in [-0.4, -0.2) is 53.3 Å². The molecule has 1 fully saturated rings. The van der Waals surface area contributed by atoms with E-state index in [0.717, 1.165) is 37.3 Å². The first-order chi connectivity index (χ1) is 12.2. The van der Waals surface area contributed by atoms with Crippen molar-refractivity contribution in [1.82, 2.24) is 34.3 Å². The summed E-state index contributed by atoms with van der Waals surface area (Å²) in [7, 11) is 0. The summed E-state index contributed by atoms with van der Waals surface area (Å²) in [5.74, 6) is 1.05. The SMILES string of the molecule is Cc1ccnn1CCC(=O)N1CCC[C@@H](c2ccnc3ncnn23)C1. The highest BCUT2D eigenvalue weighted by Gasteiger charge is 2.26. The molecule has 25 heavy (non-hydrogen) atoms. The van der Waals surface area contributed by atoms with Crippen LogP contribution in [0.3, 0.4) is 0 Å². The number of carbonyl (C=O) groups excluding carboxylic acids is 1. The third-order valence-corrected chi connectivity index (χ3v) is 4.87. The summed E-state index contributed by atoms with van der Waals surface area (Å²) in [6.45, 7) is 4.16. The second-order valence-electron chi connectivity index (χ2n) is 6.47. The van der Waals surface area contributed by atoms with E-state index in [1.54, 1.807) is 16.9 Å². The first-order valence-corrected chi connectivity index (χ1v) is 8.63. The Morgan fingerprint density at radius 1 is 1.24 bits per heavy atom. The van der Waals surface area contributed by atoms with Crippen LogP contribution in [0.5, 0.6) is 0 Å². The van der Waals surface area contributed by atoms with E-state index in [9.17, 15) is 4.79 Å². The Kier molecular flexibility index (Phi) is 4.17. The van der Waals surface area contributed by atoms with Crippen molar-refractivity contribution in [2.75, 3.05) is 13.1 Å². The smallest absolute Gasteiger partial charge is 0.252 e. The maximum Gasteiger partial charge on any atom is 0.252 e. The summed E-state index contributed by atoms with van der Waals surface area (Å²) >= 11 is 0. The summed E-state index contributed by atoms with van der Waals surface area (Å²) in [4.78, 5) is 23.0. The molecule has 3 aromatic rings. The van der Waals surface area contributed by atoms with Gasteiger partial charge < -0.3 is 4.90 Å². The number of hydrogen-bond acceptors (Lipinski definition) is 5. The normalized spacial score (nSPS) is 18.0. The van der Waals surface area contributed by atoms with E-state index in [0.29, 0.717) is 18.7 Å².